The molecule has 1 aliphatic heterocycles. The highest BCUT2D eigenvalue weighted by molar-refractivity contribution is 5.78. The van der Waals surface area contributed by atoms with E-state index in [1.807, 2.05) is 6.92 Å². The zero-order chi connectivity index (χ0) is 15.1. The monoisotopic (exact) mass is 285 g/mol. The minimum Gasteiger partial charge on any atom is -0.390 e. The molecule has 0 radical (unpaired) electrons. The van der Waals surface area contributed by atoms with Gasteiger partial charge in [-0.25, -0.2) is 0 Å². The van der Waals surface area contributed by atoms with Crippen LogP contribution in [0, 0.1) is 5.92 Å². The van der Waals surface area contributed by atoms with Crippen LogP contribution in [0.15, 0.2) is 0 Å². The molecule has 1 fully saturated rings. The van der Waals surface area contributed by atoms with E-state index in [0.717, 1.165) is 39.0 Å². The van der Waals surface area contributed by atoms with Crippen LogP contribution in [0.1, 0.15) is 26.7 Å². The second-order valence-electron chi connectivity index (χ2n) is 6.17. The molecule has 0 spiro atoms. The molecule has 0 aromatic carbocycles. The van der Waals surface area contributed by atoms with Gasteiger partial charge in [0.05, 0.1) is 6.10 Å². The normalized spacial score (nSPS) is 20.6. The van der Waals surface area contributed by atoms with Crippen LogP contribution in [0.2, 0.25) is 0 Å². The van der Waals surface area contributed by atoms with Crippen LogP contribution in [0.3, 0.4) is 0 Å². The topological polar surface area (TPSA) is 47.0 Å². The van der Waals surface area contributed by atoms with Gasteiger partial charge in [-0.3, -0.25) is 9.69 Å². The lowest BCUT2D eigenvalue weighted by molar-refractivity contribution is -0.135. The first-order valence-electron chi connectivity index (χ1n) is 7.78. The molecule has 1 rings (SSSR count). The van der Waals surface area contributed by atoms with Crippen molar-refractivity contribution in [1.82, 2.24) is 14.7 Å². The molecule has 0 bridgehead atoms. The van der Waals surface area contributed by atoms with Crippen molar-refractivity contribution in [2.24, 2.45) is 5.92 Å². The first kappa shape index (κ1) is 17.4. The van der Waals surface area contributed by atoms with Gasteiger partial charge in [0.25, 0.3) is 0 Å². The molecule has 2 atom stereocenters. The van der Waals surface area contributed by atoms with Crippen molar-refractivity contribution in [3.63, 3.8) is 0 Å². The molecule has 118 valence electrons. The van der Waals surface area contributed by atoms with E-state index in [4.69, 9.17) is 0 Å². The summed E-state index contributed by atoms with van der Waals surface area (Å²) in [4.78, 5) is 18.4. The number of nitrogens with zero attached hydrogens (tertiary/aromatic N) is 3. The summed E-state index contributed by atoms with van der Waals surface area (Å²) in [6.07, 6.45) is 1.48. The average Bonchev–Trinajstić information content (AvgIpc) is 2.40. The van der Waals surface area contributed by atoms with Gasteiger partial charge in [0.2, 0.25) is 5.91 Å². The van der Waals surface area contributed by atoms with Gasteiger partial charge in [-0.1, -0.05) is 20.3 Å². The second-order valence-corrected chi connectivity index (χ2v) is 6.17. The highest BCUT2D eigenvalue weighted by Crippen LogP contribution is 2.09. The van der Waals surface area contributed by atoms with Crippen molar-refractivity contribution in [2.45, 2.75) is 32.8 Å². The standard InChI is InChI=1S/C15H31N3O2/c1-5-6-13(2)15(20)17(4)11-14(19)12-18-9-7-16(3)8-10-18/h13-14,19H,5-12H2,1-4H3. The highest BCUT2D eigenvalue weighted by atomic mass is 16.3. The molecule has 2 unspecified atom stereocenters. The average molecular weight is 285 g/mol. The van der Waals surface area contributed by atoms with Gasteiger partial charge in [-0.05, 0) is 13.5 Å². The molecule has 0 saturated carbocycles. The largest absolute Gasteiger partial charge is 0.390 e. The van der Waals surface area contributed by atoms with E-state index in [1.54, 1.807) is 11.9 Å². The Hall–Kier alpha value is -0.650. The van der Waals surface area contributed by atoms with Gasteiger partial charge < -0.3 is 14.9 Å². The second kappa shape index (κ2) is 8.60. The van der Waals surface area contributed by atoms with Gasteiger partial charge in [-0.2, -0.15) is 0 Å². The van der Waals surface area contributed by atoms with Crippen LogP contribution in [-0.2, 0) is 4.79 Å². The number of piperazine rings is 1. The Morgan fingerprint density at radius 3 is 2.45 bits per heavy atom. The summed E-state index contributed by atoms with van der Waals surface area (Å²) in [6, 6.07) is 0. The lowest BCUT2D eigenvalue weighted by Crippen LogP contribution is -2.49. The van der Waals surface area contributed by atoms with Gasteiger partial charge in [0, 0.05) is 52.2 Å². The number of carbonyl (C=O) groups excluding carboxylic acids is 1. The third kappa shape index (κ3) is 5.77. The predicted molar refractivity (Wildman–Crippen MR) is 81.7 cm³/mol. The van der Waals surface area contributed by atoms with Crippen LogP contribution in [0.25, 0.3) is 0 Å². The summed E-state index contributed by atoms with van der Waals surface area (Å²) in [5.41, 5.74) is 0. The molecule has 1 amide bonds. The third-order valence-corrected chi connectivity index (χ3v) is 4.07. The molecule has 1 saturated heterocycles. The minimum absolute atomic E-state index is 0.0563. The maximum atomic E-state index is 12.1. The SMILES string of the molecule is CCCC(C)C(=O)N(C)CC(O)CN1CCN(C)CC1. The maximum absolute atomic E-state index is 12.1. The van der Waals surface area contributed by atoms with E-state index in [2.05, 4.69) is 23.8 Å². The fourth-order valence-corrected chi connectivity index (χ4v) is 2.73. The molecule has 0 aromatic heterocycles. The molecule has 5 nitrogen and oxygen atoms in total. The van der Waals surface area contributed by atoms with Crippen LogP contribution in [0.5, 0.6) is 0 Å². The van der Waals surface area contributed by atoms with Crippen molar-refractivity contribution in [3.05, 3.63) is 0 Å². The number of β-amino-alcohol motifs (C(OH)–C–C–N with tert-alkyl or cyclic N) is 1. The number of hydrogen-bond acceptors (Lipinski definition) is 4. The number of aliphatic hydroxyl groups excluding tert-OH is 1. The predicted octanol–water partition coefficient (Wildman–Crippen LogP) is 0.489. The molecule has 0 aromatic rings. The smallest absolute Gasteiger partial charge is 0.225 e. The summed E-state index contributed by atoms with van der Waals surface area (Å²) >= 11 is 0. The Balaban J connectivity index is 2.30. The lowest BCUT2D eigenvalue weighted by atomic mass is 10.0. The fraction of sp³-hybridized carbons (Fsp3) is 0.933. The maximum Gasteiger partial charge on any atom is 0.225 e. The van der Waals surface area contributed by atoms with E-state index in [1.165, 1.54) is 0 Å². The van der Waals surface area contributed by atoms with E-state index < -0.39 is 6.10 Å². The van der Waals surface area contributed by atoms with Gasteiger partial charge >= 0.3 is 0 Å². The quantitative estimate of drug-likeness (QED) is 0.739. The number of amides is 1. The van der Waals surface area contributed by atoms with Crippen molar-refractivity contribution in [3.8, 4) is 0 Å². The number of likely N-dealkylation sites (N-methyl/N-ethyl adjacent to an activating group) is 2. The van der Waals surface area contributed by atoms with E-state index in [-0.39, 0.29) is 11.8 Å². The van der Waals surface area contributed by atoms with Gasteiger partial charge in [-0.15, -0.1) is 0 Å². The van der Waals surface area contributed by atoms with Crippen LogP contribution in [-0.4, -0.2) is 85.2 Å². The number of carbonyl (C=O) groups is 1. The summed E-state index contributed by atoms with van der Waals surface area (Å²) in [7, 11) is 3.91. The first-order valence-corrected chi connectivity index (χ1v) is 7.78. The van der Waals surface area contributed by atoms with Crippen LogP contribution in [0.4, 0.5) is 0 Å². The third-order valence-electron chi connectivity index (χ3n) is 4.07. The highest BCUT2D eigenvalue weighted by Gasteiger charge is 2.21. The molecule has 5 heteroatoms. The Morgan fingerprint density at radius 1 is 1.30 bits per heavy atom. The van der Waals surface area contributed by atoms with E-state index in [9.17, 15) is 9.90 Å². The van der Waals surface area contributed by atoms with Gasteiger partial charge in [0.15, 0.2) is 0 Å². The Bertz CT molecular complexity index is 291. The Labute approximate surface area is 123 Å². The van der Waals surface area contributed by atoms with Crippen molar-refractivity contribution in [1.29, 1.82) is 0 Å². The van der Waals surface area contributed by atoms with Crippen molar-refractivity contribution >= 4 is 5.91 Å². The lowest BCUT2D eigenvalue weighted by Gasteiger charge is -2.34. The molecular weight excluding hydrogens is 254 g/mol. The van der Waals surface area contributed by atoms with E-state index in [0.29, 0.717) is 13.1 Å². The fourth-order valence-electron chi connectivity index (χ4n) is 2.73. The Morgan fingerprint density at radius 2 is 1.90 bits per heavy atom. The molecule has 1 N–H and O–H groups in total. The van der Waals surface area contributed by atoms with Crippen molar-refractivity contribution < 1.29 is 9.90 Å². The molecular formula is C15H31N3O2. The number of hydrogen-bond donors (Lipinski definition) is 1. The van der Waals surface area contributed by atoms with Gasteiger partial charge in [0.1, 0.15) is 0 Å². The zero-order valence-corrected chi connectivity index (χ0v) is 13.5. The van der Waals surface area contributed by atoms with Crippen LogP contribution >= 0.6 is 0 Å². The van der Waals surface area contributed by atoms with Crippen LogP contribution < -0.4 is 0 Å². The number of rotatable bonds is 7. The first-order chi connectivity index (χ1) is 9.43. The van der Waals surface area contributed by atoms with E-state index >= 15 is 0 Å². The van der Waals surface area contributed by atoms with Crippen molar-refractivity contribution in [2.75, 3.05) is 53.4 Å². The summed E-state index contributed by atoms with van der Waals surface area (Å²) in [5.74, 6) is 0.199. The summed E-state index contributed by atoms with van der Waals surface area (Å²) in [5, 5.41) is 10.1. The minimum atomic E-state index is -0.457. The summed E-state index contributed by atoms with van der Waals surface area (Å²) in [6.45, 7) is 9.24. The number of aliphatic hydroxyl groups is 1. The molecule has 20 heavy (non-hydrogen) atoms. The molecule has 1 heterocycles. The zero-order valence-electron chi connectivity index (χ0n) is 13.5. The molecule has 0 aliphatic carbocycles. The summed E-state index contributed by atoms with van der Waals surface area (Å²) < 4.78 is 0. The molecule has 1 aliphatic rings. The Kier molecular flexibility index (Phi) is 7.48.